The molecular formula is C23H25N3O3. The van der Waals surface area contributed by atoms with E-state index in [1.807, 2.05) is 54.6 Å². The molecule has 1 aromatic heterocycles. The number of nitrogens with one attached hydrogen (secondary N) is 1. The van der Waals surface area contributed by atoms with Gasteiger partial charge in [0.15, 0.2) is 0 Å². The maximum absolute atomic E-state index is 12.3. The van der Waals surface area contributed by atoms with E-state index in [0.29, 0.717) is 11.5 Å². The molecule has 0 spiro atoms. The smallest absolute Gasteiger partial charge is 0.251 e. The Kier molecular flexibility index (Phi) is 5.91. The monoisotopic (exact) mass is 391 g/mol. The van der Waals surface area contributed by atoms with E-state index in [1.165, 1.54) is 0 Å². The van der Waals surface area contributed by atoms with Crippen molar-refractivity contribution in [3.8, 4) is 17.2 Å². The van der Waals surface area contributed by atoms with Crippen molar-refractivity contribution in [2.45, 2.75) is 25.4 Å². The first-order valence-corrected chi connectivity index (χ1v) is 9.88. The van der Waals surface area contributed by atoms with Crippen molar-refractivity contribution in [3.63, 3.8) is 0 Å². The molecule has 1 aliphatic heterocycles. The molecule has 0 radical (unpaired) electrons. The minimum atomic E-state index is 0.00434. The number of oxazole rings is 1. The largest absolute Gasteiger partial charge is 0.497 e. The van der Waals surface area contributed by atoms with Crippen LogP contribution in [0.15, 0.2) is 65.3 Å². The Labute approximate surface area is 170 Å². The number of methoxy groups -OCH3 is 1. The summed E-state index contributed by atoms with van der Waals surface area (Å²) < 4.78 is 10.8. The van der Waals surface area contributed by atoms with Gasteiger partial charge in [-0.1, -0.05) is 18.2 Å². The normalized spacial score (nSPS) is 15.2. The third-order valence-corrected chi connectivity index (χ3v) is 5.23. The maximum atomic E-state index is 12.3. The van der Waals surface area contributed by atoms with E-state index in [2.05, 4.69) is 15.2 Å². The van der Waals surface area contributed by atoms with Crippen LogP contribution in [-0.4, -0.2) is 42.0 Å². The van der Waals surface area contributed by atoms with Gasteiger partial charge in [0.05, 0.1) is 12.8 Å². The molecule has 0 saturated carbocycles. The Hall–Kier alpha value is -3.12. The summed E-state index contributed by atoms with van der Waals surface area (Å²) in [5.74, 6) is 1.43. The number of hydrogen-bond donors (Lipinski definition) is 1. The minimum absolute atomic E-state index is 0.00434. The molecule has 0 bridgehead atoms. The first-order chi connectivity index (χ1) is 14.2. The van der Waals surface area contributed by atoms with Crippen LogP contribution in [0, 0.1) is 0 Å². The zero-order valence-electron chi connectivity index (χ0n) is 16.5. The summed E-state index contributed by atoms with van der Waals surface area (Å²) in [4.78, 5) is 19.3. The van der Waals surface area contributed by atoms with Crippen LogP contribution in [0.25, 0.3) is 11.5 Å². The van der Waals surface area contributed by atoms with Crippen LogP contribution in [-0.2, 0) is 6.54 Å². The first-order valence-electron chi connectivity index (χ1n) is 9.88. The number of amides is 1. The van der Waals surface area contributed by atoms with Crippen LogP contribution in [0.3, 0.4) is 0 Å². The molecule has 29 heavy (non-hydrogen) atoms. The molecule has 6 nitrogen and oxygen atoms in total. The van der Waals surface area contributed by atoms with Gasteiger partial charge in [-0.2, -0.15) is 0 Å². The number of hydrogen-bond acceptors (Lipinski definition) is 5. The van der Waals surface area contributed by atoms with E-state index in [4.69, 9.17) is 9.15 Å². The Balaban J connectivity index is 1.27. The second-order valence-corrected chi connectivity index (χ2v) is 7.26. The lowest BCUT2D eigenvalue weighted by atomic mass is 10.0. The number of benzene rings is 2. The second kappa shape index (κ2) is 8.92. The number of ether oxygens (including phenoxy) is 1. The molecule has 0 atom stereocenters. The zero-order valence-corrected chi connectivity index (χ0v) is 16.5. The highest BCUT2D eigenvalue weighted by Crippen LogP contribution is 2.23. The van der Waals surface area contributed by atoms with Crippen LogP contribution in [0.1, 0.15) is 28.9 Å². The summed E-state index contributed by atoms with van der Waals surface area (Å²) in [7, 11) is 1.65. The summed E-state index contributed by atoms with van der Waals surface area (Å²) in [6.45, 7) is 2.59. The van der Waals surface area contributed by atoms with Gasteiger partial charge in [0.1, 0.15) is 12.0 Å². The quantitative estimate of drug-likeness (QED) is 0.693. The van der Waals surface area contributed by atoms with E-state index in [9.17, 15) is 4.79 Å². The first kappa shape index (κ1) is 19.2. The molecule has 0 aliphatic carbocycles. The number of carbonyl (C=O) groups is 1. The van der Waals surface area contributed by atoms with Crippen molar-refractivity contribution < 1.29 is 13.9 Å². The van der Waals surface area contributed by atoms with Gasteiger partial charge < -0.3 is 14.5 Å². The highest BCUT2D eigenvalue weighted by Gasteiger charge is 2.22. The van der Waals surface area contributed by atoms with Crippen LogP contribution < -0.4 is 10.1 Å². The maximum Gasteiger partial charge on any atom is 0.251 e. The van der Waals surface area contributed by atoms with Crippen molar-refractivity contribution in [3.05, 3.63) is 72.1 Å². The molecule has 2 heterocycles. The molecule has 4 rings (SSSR count). The molecule has 1 saturated heterocycles. The van der Waals surface area contributed by atoms with Gasteiger partial charge in [0.2, 0.25) is 5.89 Å². The molecule has 150 valence electrons. The van der Waals surface area contributed by atoms with Gasteiger partial charge in [-0.05, 0) is 49.2 Å². The molecule has 3 aromatic rings. The molecule has 1 fully saturated rings. The van der Waals surface area contributed by atoms with Gasteiger partial charge in [0, 0.05) is 36.8 Å². The summed E-state index contributed by atoms with van der Waals surface area (Å²) in [5.41, 5.74) is 2.56. The molecule has 6 heteroatoms. The average molecular weight is 391 g/mol. The molecule has 1 aliphatic rings. The van der Waals surface area contributed by atoms with E-state index < -0.39 is 0 Å². The Bertz CT molecular complexity index is 930. The SMILES string of the molecule is COc1ccc(-c2nc(CN3CCC(NC(=O)c4ccccc4)CC3)co2)cc1. The van der Waals surface area contributed by atoms with Crippen molar-refractivity contribution in [2.24, 2.45) is 0 Å². The lowest BCUT2D eigenvalue weighted by Gasteiger charge is -2.31. The lowest BCUT2D eigenvalue weighted by molar-refractivity contribution is 0.0908. The van der Waals surface area contributed by atoms with E-state index in [-0.39, 0.29) is 11.9 Å². The van der Waals surface area contributed by atoms with Crippen molar-refractivity contribution >= 4 is 5.91 Å². The number of rotatable bonds is 6. The molecule has 0 unspecified atom stereocenters. The average Bonchev–Trinajstić information content (AvgIpc) is 3.24. The summed E-state index contributed by atoms with van der Waals surface area (Å²) in [6, 6.07) is 17.3. The Morgan fingerprint density at radius 3 is 2.55 bits per heavy atom. The highest BCUT2D eigenvalue weighted by atomic mass is 16.5. The predicted molar refractivity (Wildman–Crippen MR) is 111 cm³/mol. The predicted octanol–water partition coefficient (Wildman–Crippen LogP) is 3.74. The Morgan fingerprint density at radius 1 is 1.14 bits per heavy atom. The van der Waals surface area contributed by atoms with Crippen LogP contribution >= 0.6 is 0 Å². The van der Waals surface area contributed by atoms with Crippen molar-refractivity contribution in [2.75, 3.05) is 20.2 Å². The third kappa shape index (κ3) is 4.84. The van der Waals surface area contributed by atoms with Gasteiger partial charge in [-0.25, -0.2) is 4.98 Å². The van der Waals surface area contributed by atoms with Gasteiger partial charge in [0.25, 0.3) is 5.91 Å². The lowest BCUT2D eigenvalue weighted by Crippen LogP contribution is -2.44. The fraction of sp³-hybridized carbons (Fsp3) is 0.304. The minimum Gasteiger partial charge on any atom is -0.497 e. The van der Waals surface area contributed by atoms with E-state index >= 15 is 0 Å². The van der Waals surface area contributed by atoms with E-state index in [1.54, 1.807) is 13.4 Å². The number of aromatic nitrogens is 1. The number of likely N-dealkylation sites (tertiary alicyclic amines) is 1. The van der Waals surface area contributed by atoms with E-state index in [0.717, 1.165) is 49.5 Å². The zero-order chi connectivity index (χ0) is 20.1. The number of carbonyl (C=O) groups excluding carboxylic acids is 1. The van der Waals surface area contributed by atoms with Crippen LogP contribution in [0.4, 0.5) is 0 Å². The number of nitrogens with zero attached hydrogens (tertiary/aromatic N) is 2. The summed E-state index contributed by atoms with van der Waals surface area (Å²) in [6.07, 6.45) is 3.59. The van der Waals surface area contributed by atoms with Crippen molar-refractivity contribution in [1.82, 2.24) is 15.2 Å². The topological polar surface area (TPSA) is 67.6 Å². The fourth-order valence-electron chi connectivity index (χ4n) is 3.57. The molecular weight excluding hydrogens is 366 g/mol. The van der Waals surface area contributed by atoms with Crippen LogP contribution in [0.5, 0.6) is 5.75 Å². The summed E-state index contributed by atoms with van der Waals surface area (Å²) >= 11 is 0. The van der Waals surface area contributed by atoms with Crippen molar-refractivity contribution in [1.29, 1.82) is 0 Å². The fourth-order valence-corrected chi connectivity index (χ4v) is 3.57. The highest BCUT2D eigenvalue weighted by molar-refractivity contribution is 5.94. The van der Waals surface area contributed by atoms with Gasteiger partial charge in [-0.15, -0.1) is 0 Å². The molecule has 2 aromatic carbocycles. The third-order valence-electron chi connectivity index (χ3n) is 5.23. The summed E-state index contributed by atoms with van der Waals surface area (Å²) in [5, 5.41) is 3.14. The second-order valence-electron chi connectivity index (χ2n) is 7.26. The number of piperidine rings is 1. The van der Waals surface area contributed by atoms with Gasteiger partial charge >= 0.3 is 0 Å². The standard InChI is InChI=1S/C23H25N3O3/c1-28-21-9-7-18(8-10-21)23-25-20(16-29-23)15-26-13-11-19(12-14-26)24-22(27)17-5-3-2-4-6-17/h2-10,16,19H,11-15H2,1H3,(H,24,27). The molecule has 1 amide bonds. The van der Waals surface area contributed by atoms with Gasteiger partial charge in [-0.3, -0.25) is 9.69 Å². The van der Waals surface area contributed by atoms with Crippen LogP contribution in [0.2, 0.25) is 0 Å². The molecule has 1 N–H and O–H groups in total. The Morgan fingerprint density at radius 2 is 1.86 bits per heavy atom.